The monoisotopic (exact) mass is 325 g/mol. The van der Waals surface area contributed by atoms with E-state index in [1.807, 2.05) is 24.7 Å². The maximum atomic E-state index is 4.70. The van der Waals surface area contributed by atoms with Gasteiger partial charge in [0, 0.05) is 38.2 Å². The second-order valence-corrected chi connectivity index (χ2v) is 6.60. The van der Waals surface area contributed by atoms with E-state index in [9.17, 15) is 0 Å². The molecular weight excluding hydrogens is 298 g/mol. The molecule has 1 N–H and O–H groups in total. The molecule has 0 atom stereocenters. The van der Waals surface area contributed by atoms with Gasteiger partial charge < -0.3 is 10.2 Å². The lowest BCUT2D eigenvalue weighted by atomic mass is 10.1. The topological polar surface area (TPSA) is 53.9 Å². The van der Waals surface area contributed by atoms with Crippen molar-refractivity contribution < 1.29 is 0 Å². The summed E-state index contributed by atoms with van der Waals surface area (Å²) in [5, 5.41) is 3.53. The summed E-state index contributed by atoms with van der Waals surface area (Å²) in [6.45, 7) is 0.921. The smallest absolute Gasteiger partial charge is 0.224 e. The van der Waals surface area contributed by atoms with E-state index in [1.54, 1.807) is 0 Å². The van der Waals surface area contributed by atoms with Crippen LogP contribution in [0, 0.1) is 0 Å². The molecule has 1 aliphatic rings. The molecule has 0 saturated heterocycles. The average molecular weight is 325 g/mol. The van der Waals surface area contributed by atoms with Gasteiger partial charge in [-0.1, -0.05) is 25.7 Å². The molecule has 0 unspecified atom stereocenters. The van der Waals surface area contributed by atoms with Gasteiger partial charge in [-0.15, -0.1) is 0 Å². The fourth-order valence-electron chi connectivity index (χ4n) is 3.20. The van der Waals surface area contributed by atoms with Gasteiger partial charge in [0.05, 0.1) is 0 Å². The Balaban J connectivity index is 1.57. The number of hydrogen-bond acceptors (Lipinski definition) is 5. The Morgan fingerprint density at radius 1 is 1.04 bits per heavy atom. The van der Waals surface area contributed by atoms with Gasteiger partial charge >= 0.3 is 0 Å². The second-order valence-electron chi connectivity index (χ2n) is 6.60. The van der Waals surface area contributed by atoms with Crippen molar-refractivity contribution in [1.29, 1.82) is 0 Å². The van der Waals surface area contributed by atoms with E-state index in [0.717, 1.165) is 24.7 Å². The van der Waals surface area contributed by atoms with Crippen molar-refractivity contribution in [3.05, 3.63) is 42.4 Å². The van der Waals surface area contributed by atoms with Crippen molar-refractivity contribution in [1.82, 2.24) is 15.0 Å². The molecule has 128 valence electrons. The van der Waals surface area contributed by atoms with Crippen molar-refractivity contribution in [2.24, 2.45) is 0 Å². The molecule has 0 bridgehead atoms. The number of nitrogens with one attached hydrogen (secondary N) is 1. The zero-order valence-corrected chi connectivity index (χ0v) is 14.5. The highest BCUT2D eigenvalue weighted by molar-refractivity contribution is 5.42. The lowest BCUT2D eigenvalue weighted by Crippen LogP contribution is -2.24. The Hall–Kier alpha value is -2.17. The Morgan fingerprint density at radius 2 is 1.79 bits per heavy atom. The largest absolute Gasteiger partial charge is 0.359 e. The number of rotatable bonds is 6. The molecule has 0 aromatic carbocycles. The van der Waals surface area contributed by atoms with Crippen LogP contribution < -0.4 is 10.2 Å². The van der Waals surface area contributed by atoms with Crippen molar-refractivity contribution in [2.75, 3.05) is 23.8 Å². The molecule has 5 heteroatoms. The van der Waals surface area contributed by atoms with Gasteiger partial charge in [-0.2, -0.15) is 4.98 Å². The number of nitrogens with zero attached hydrogens (tertiary/aromatic N) is 4. The van der Waals surface area contributed by atoms with Crippen LogP contribution in [0.1, 0.15) is 44.1 Å². The molecule has 24 heavy (non-hydrogen) atoms. The molecule has 0 radical (unpaired) electrons. The zero-order valence-electron chi connectivity index (χ0n) is 14.5. The first kappa shape index (κ1) is 16.7. The van der Waals surface area contributed by atoms with Gasteiger partial charge in [-0.05, 0) is 43.0 Å². The minimum atomic E-state index is 0.518. The van der Waals surface area contributed by atoms with E-state index in [-0.39, 0.29) is 0 Å². The maximum Gasteiger partial charge on any atom is 0.224 e. The minimum Gasteiger partial charge on any atom is -0.359 e. The molecule has 0 spiro atoms. The molecule has 1 saturated carbocycles. The average Bonchev–Trinajstić information content (AvgIpc) is 2.89. The van der Waals surface area contributed by atoms with Crippen LogP contribution in [-0.2, 0) is 6.42 Å². The summed E-state index contributed by atoms with van der Waals surface area (Å²) >= 11 is 0. The quantitative estimate of drug-likeness (QED) is 0.821. The van der Waals surface area contributed by atoms with Gasteiger partial charge in [0.25, 0.3) is 0 Å². The first-order chi connectivity index (χ1) is 11.8. The summed E-state index contributed by atoms with van der Waals surface area (Å²) in [5.41, 5.74) is 1.29. The first-order valence-electron chi connectivity index (χ1n) is 9.01. The lowest BCUT2D eigenvalue weighted by molar-refractivity contribution is 0.614. The number of aromatic nitrogens is 3. The molecule has 2 aromatic rings. The van der Waals surface area contributed by atoms with Crippen LogP contribution in [0.5, 0.6) is 0 Å². The predicted molar refractivity (Wildman–Crippen MR) is 98.4 cm³/mol. The molecule has 3 rings (SSSR count). The van der Waals surface area contributed by atoms with Crippen LogP contribution in [0.2, 0.25) is 0 Å². The second kappa shape index (κ2) is 8.62. The predicted octanol–water partition coefficient (Wildman–Crippen LogP) is 3.69. The third-order valence-corrected chi connectivity index (χ3v) is 4.71. The SMILES string of the molecule is CN(CCc1ccncc1)c1ccnc(NC2CCCCCC2)n1. The summed E-state index contributed by atoms with van der Waals surface area (Å²) in [7, 11) is 2.08. The normalized spacial score (nSPS) is 15.7. The summed E-state index contributed by atoms with van der Waals surface area (Å²) in [5.74, 6) is 1.73. The highest BCUT2D eigenvalue weighted by Gasteiger charge is 2.13. The van der Waals surface area contributed by atoms with Crippen LogP contribution in [0.3, 0.4) is 0 Å². The molecule has 1 aliphatic carbocycles. The summed E-state index contributed by atoms with van der Waals surface area (Å²) in [6, 6.07) is 6.62. The summed E-state index contributed by atoms with van der Waals surface area (Å²) in [6.07, 6.45) is 14.3. The van der Waals surface area contributed by atoms with Gasteiger partial charge in [-0.25, -0.2) is 4.98 Å². The van der Waals surface area contributed by atoms with E-state index >= 15 is 0 Å². The summed E-state index contributed by atoms with van der Waals surface area (Å²) in [4.78, 5) is 15.4. The first-order valence-corrected chi connectivity index (χ1v) is 9.01. The molecule has 2 heterocycles. The minimum absolute atomic E-state index is 0.518. The van der Waals surface area contributed by atoms with Gasteiger partial charge in [0.2, 0.25) is 5.95 Å². The molecule has 2 aromatic heterocycles. The van der Waals surface area contributed by atoms with Crippen molar-refractivity contribution in [3.8, 4) is 0 Å². The third-order valence-electron chi connectivity index (χ3n) is 4.71. The highest BCUT2D eigenvalue weighted by atomic mass is 15.2. The number of anilines is 2. The Morgan fingerprint density at radius 3 is 2.54 bits per heavy atom. The standard InChI is InChI=1S/C19H27N5/c1-24(15-11-16-8-12-20-13-9-16)18-10-14-21-19(23-18)22-17-6-4-2-3-5-7-17/h8-10,12-14,17H,2-7,11,15H2,1H3,(H,21,22,23). The van der Waals surface area contributed by atoms with Crippen molar-refractivity contribution in [2.45, 2.75) is 51.0 Å². The highest BCUT2D eigenvalue weighted by Crippen LogP contribution is 2.20. The lowest BCUT2D eigenvalue weighted by Gasteiger charge is -2.20. The summed E-state index contributed by atoms with van der Waals surface area (Å²) < 4.78 is 0. The van der Waals surface area contributed by atoms with Crippen molar-refractivity contribution in [3.63, 3.8) is 0 Å². The third kappa shape index (κ3) is 4.91. The van der Waals surface area contributed by atoms with Gasteiger partial charge in [0.1, 0.15) is 5.82 Å². The number of hydrogen-bond donors (Lipinski definition) is 1. The fourth-order valence-corrected chi connectivity index (χ4v) is 3.20. The van der Waals surface area contributed by atoms with Crippen LogP contribution in [0.4, 0.5) is 11.8 Å². The van der Waals surface area contributed by atoms with E-state index in [4.69, 9.17) is 4.98 Å². The van der Waals surface area contributed by atoms with Crippen LogP contribution in [0.15, 0.2) is 36.8 Å². The van der Waals surface area contributed by atoms with Crippen molar-refractivity contribution >= 4 is 11.8 Å². The Bertz CT molecular complexity index is 608. The van der Waals surface area contributed by atoms with E-state index in [2.05, 4.69) is 39.4 Å². The van der Waals surface area contributed by atoms with E-state index in [1.165, 1.54) is 44.1 Å². The maximum absolute atomic E-state index is 4.70. The number of pyridine rings is 1. The zero-order chi connectivity index (χ0) is 16.6. The fraction of sp³-hybridized carbons (Fsp3) is 0.526. The van der Waals surface area contributed by atoms with Gasteiger partial charge in [-0.3, -0.25) is 4.98 Å². The Labute approximate surface area is 144 Å². The molecule has 0 amide bonds. The van der Waals surface area contributed by atoms with Crippen LogP contribution >= 0.6 is 0 Å². The molecular formula is C19H27N5. The van der Waals surface area contributed by atoms with E-state index in [0.29, 0.717) is 6.04 Å². The number of likely N-dealkylation sites (N-methyl/N-ethyl adjacent to an activating group) is 1. The van der Waals surface area contributed by atoms with Gasteiger partial charge in [0.15, 0.2) is 0 Å². The van der Waals surface area contributed by atoms with E-state index < -0.39 is 0 Å². The van der Waals surface area contributed by atoms with Crippen LogP contribution in [0.25, 0.3) is 0 Å². The van der Waals surface area contributed by atoms with Crippen LogP contribution in [-0.4, -0.2) is 34.6 Å². The molecule has 1 fully saturated rings. The molecule has 0 aliphatic heterocycles. The molecule has 5 nitrogen and oxygen atoms in total. The Kier molecular flexibility index (Phi) is 5.99.